The molecule has 1 aromatic carbocycles. The van der Waals surface area contributed by atoms with Crippen LogP contribution in [0.5, 0.6) is 11.5 Å². The van der Waals surface area contributed by atoms with Gasteiger partial charge in [-0.1, -0.05) is 0 Å². The maximum atomic E-state index is 12.2. The lowest BCUT2D eigenvalue weighted by molar-refractivity contribution is 0.00929. The third-order valence-electron chi connectivity index (χ3n) is 5.93. The van der Waals surface area contributed by atoms with Gasteiger partial charge in [-0.25, -0.2) is 4.79 Å². The number of benzene rings is 1. The molecule has 7 nitrogen and oxygen atoms in total. The minimum Gasteiger partial charge on any atom is -0.493 e. The molecule has 0 bridgehead atoms. The van der Waals surface area contributed by atoms with Crippen LogP contribution in [0.3, 0.4) is 0 Å². The second-order valence-electron chi connectivity index (χ2n) is 7.29. The van der Waals surface area contributed by atoms with Crippen LogP contribution in [-0.2, 0) is 11.2 Å². The number of nitrogens with two attached hydrogens (primary N) is 1. The van der Waals surface area contributed by atoms with Gasteiger partial charge < -0.3 is 24.8 Å². The Bertz CT molecular complexity index is 696. The van der Waals surface area contributed by atoms with Gasteiger partial charge in [-0.15, -0.1) is 0 Å². The van der Waals surface area contributed by atoms with Crippen molar-refractivity contribution < 1.29 is 19.0 Å². The number of methoxy groups -OCH3 is 2. The number of carbonyl (C=O) groups is 1. The average molecular weight is 361 g/mol. The van der Waals surface area contributed by atoms with E-state index in [2.05, 4.69) is 17.0 Å². The van der Waals surface area contributed by atoms with Crippen LogP contribution < -0.4 is 15.2 Å². The molecule has 26 heavy (non-hydrogen) atoms. The monoisotopic (exact) mass is 361 g/mol. The Kier molecular flexibility index (Phi) is 4.67. The van der Waals surface area contributed by atoms with E-state index in [4.69, 9.17) is 19.9 Å². The van der Waals surface area contributed by atoms with E-state index in [-0.39, 0.29) is 24.2 Å². The fourth-order valence-corrected chi connectivity index (χ4v) is 4.56. The summed E-state index contributed by atoms with van der Waals surface area (Å²) in [6, 6.07) is 4.38. The average Bonchev–Trinajstić information content (AvgIpc) is 2.67. The van der Waals surface area contributed by atoms with Crippen LogP contribution in [0.1, 0.15) is 30.0 Å². The lowest BCUT2D eigenvalue weighted by atomic mass is 9.82. The van der Waals surface area contributed by atoms with E-state index in [1.165, 1.54) is 11.1 Å². The summed E-state index contributed by atoms with van der Waals surface area (Å²) >= 11 is 0. The number of nitrogens with zero attached hydrogens (tertiary/aromatic N) is 2. The van der Waals surface area contributed by atoms with Gasteiger partial charge in [-0.05, 0) is 42.5 Å². The number of piperidine rings is 1. The molecule has 7 heteroatoms. The van der Waals surface area contributed by atoms with Crippen molar-refractivity contribution in [3.8, 4) is 11.5 Å². The van der Waals surface area contributed by atoms with E-state index in [1.54, 1.807) is 14.2 Å². The fraction of sp³-hybridized carbons (Fsp3) is 0.632. The van der Waals surface area contributed by atoms with Crippen molar-refractivity contribution in [1.29, 1.82) is 0 Å². The Morgan fingerprint density at radius 3 is 2.69 bits per heavy atom. The Morgan fingerprint density at radius 2 is 1.96 bits per heavy atom. The van der Waals surface area contributed by atoms with Gasteiger partial charge in [0.1, 0.15) is 0 Å². The van der Waals surface area contributed by atoms with Crippen LogP contribution in [0, 0.1) is 0 Å². The SMILES string of the molecule is COc1cc2c(cc1OC)[C@@H]1C[C@H](N)[C@@H](N3CCCOC3=O)CN1CC2. The molecule has 0 spiro atoms. The first-order valence-corrected chi connectivity index (χ1v) is 9.30. The van der Waals surface area contributed by atoms with Gasteiger partial charge in [0.2, 0.25) is 0 Å². The van der Waals surface area contributed by atoms with Crippen molar-refractivity contribution in [1.82, 2.24) is 9.80 Å². The second-order valence-corrected chi connectivity index (χ2v) is 7.29. The topological polar surface area (TPSA) is 77.3 Å². The maximum Gasteiger partial charge on any atom is 0.410 e. The molecule has 0 aliphatic carbocycles. The summed E-state index contributed by atoms with van der Waals surface area (Å²) in [5.74, 6) is 1.53. The van der Waals surface area contributed by atoms with Crippen molar-refractivity contribution in [3.63, 3.8) is 0 Å². The van der Waals surface area contributed by atoms with E-state index < -0.39 is 0 Å². The molecule has 3 atom stereocenters. The predicted molar refractivity (Wildman–Crippen MR) is 96.6 cm³/mol. The summed E-state index contributed by atoms with van der Waals surface area (Å²) in [6.07, 6.45) is 2.42. The number of amides is 1. The van der Waals surface area contributed by atoms with Crippen molar-refractivity contribution >= 4 is 6.09 Å². The molecule has 4 rings (SSSR count). The van der Waals surface area contributed by atoms with Crippen molar-refractivity contribution in [3.05, 3.63) is 23.3 Å². The quantitative estimate of drug-likeness (QED) is 0.880. The van der Waals surface area contributed by atoms with Gasteiger partial charge >= 0.3 is 6.09 Å². The van der Waals surface area contributed by atoms with Crippen LogP contribution in [0.4, 0.5) is 4.79 Å². The minimum absolute atomic E-state index is 0.0146. The smallest absolute Gasteiger partial charge is 0.410 e. The molecule has 2 saturated heterocycles. The summed E-state index contributed by atoms with van der Waals surface area (Å²) < 4.78 is 16.2. The molecule has 0 radical (unpaired) electrons. The van der Waals surface area contributed by atoms with Crippen molar-refractivity contribution in [2.75, 3.05) is 40.5 Å². The van der Waals surface area contributed by atoms with Crippen LogP contribution in [0.2, 0.25) is 0 Å². The van der Waals surface area contributed by atoms with E-state index >= 15 is 0 Å². The molecule has 2 N–H and O–H groups in total. The Morgan fingerprint density at radius 1 is 1.19 bits per heavy atom. The maximum absolute atomic E-state index is 12.2. The van der Waals surface area contributed by atoms with Gasteiger partial charge in [0.25, 0.3) is 0 Å². The van der Waals surface area contributed by atoms with Gasteiger partial charge in [0.15, 0.2) is 11.5 Å². The number of rotatable bonds is 3. The highest BCUT2D eigenvalue weighted by Gasteiger charge is 2.42. The molecule has 2 fully saturated rings. The largest absolute Gasteiger partial charge is 0.493 e. The molecule has 1 amide bonds. The summed E-state index contributed by atoms with van der Waals surface area (Å²) in [5, 5.41) is 0. The lowest BCUT2D eigenvalue weighted by Gasteiger charge is -2.49. The highest BCUT2D eigenvalue weighted by molar-refractivity contribution is 5.69. The van der Waals surface area contributed by atoms with E-state index in [1.807, 2.05) is 4.90 Å². The van der Waals surface area contributed by atoms with Gasteiger partial charge in [-0.3, -0.25) is 4.90 Å². The molecule has 3 aliphatic heterocycles. The first-order chi connectivity index (χ1) is 12.6. The van der Waals surface area contributed by atoms with Gasteiger partial charge in [0, 0.05) is 31.7 Å². The summed E-state index contributed by atoms with van der Waals surface area (Å²) in [6.45, 7) is 2.99. The van der Waals surface area contributed by atoms with Crippen LogP contribution >= 0.6 is 0 Å². The zero-order chi connectivity index (χ0) is 18.3. The lowest BCUT2D eigenvalue weighted by Crippen LogP contribution is -2.62. The molecule has 0 saturated carbocycles. The molecular weight excluding hydrogens is 334 g/mol. The highest BCUT2D eigenvalue weighted by Crippen LogP contribution is 2.42. The predicted octanol–water partition coefficient (Wildman–Crippen LogP) is 1.54. The van der Waals surface area contributed by atoms with Crippen LogP contribution in [0.15, 0.2) is 12.1 Å². The fourth-order valence-electron chi connectivity index (χ4n) is 4.56. The van der Waals surface area contributed by atoms with Crippen molar-refractivity contribution in [2.45, 2.75) is 37.4 Å². The molecule has 1 aromatic rings. The Hall–Kier alpha value is -1.99. The van der Waals surface area contributed by atoms with E-state index in [0.29, 0.717) is 6.61 Å². The summed E-state index contributed by atoms with van der Waals surface area (Å²) in [7, 11) is 3.33. The number of fused-ring (bicyclic) bond motifs is 3. The third-order valence-corrected chi connectivity index (χ3v) is 5.93. The normalized spacial score (nSPS) is 28.8. The summed E-state index contributed by atoms with van der Waals surface area (Å²) in [4.78, 5) is 16.4. The van der Waals surface area contributed by atoms with E-state index in [9.17, 15) is 4.79 Å². The molecule has 3 heterocycles. The number of hydrogen-bond donors (Lipinski definition) is 1. The molecule has 142 valence electrons. The highest BCUT2D eigenvalue weighted by atomic mass is 16.6. The third kappa shape index (κ3) is 2.89. The van der Waals surface area contributed by atoms with E-state index in [0.717, 1.165) is 50.4 Å². The molecule has 0 aromatic heterocycles. The first-order valence-electron chi connectivity index (χ1n) is 9.30. The molecular formula is C19H27N3O4. The van der Waals surface area contributed by atoms with Crippen LogP contribution in [-0.4, -0.2) is 68.4 Å². The molecule has 3 aliphatic rings. The standard InChI is InChI=1S/C19H27N3O4/c1-24-17-8-12-4-6-21-11-16(22-5-3-7-26-19(22)23)14(20)10-15(21)13(12)9-18(17)25-2/h8-9,14-16H,3-7,10-11,20H2,1-2H3/t14-,15-,16-/m0/s1. The zero-order valence-corrected chi connectivity index (χ0v) is 15.4. The number of cyclic esters (lactones) is 1. The molecule has 0 unspecified atom stereocenters. The number of hydrogen-bond acceptors (Lipinski definition) is 6. The second kappa shape index (κ2) is 6.96. The Balaban J connectivity index is 1.59. The van der Waals surface area contributed by atoms with Gasteiger partial charge in [-0.2, -0.15) is 0 Å². The first kappa shape index (κ1) is 17.4. The Labute approximate surface area is 154 Å². The summed E-state index contributed by atoms with van der Waals surface area (Å²) in [5.41, 5.74) is 9.10. The number of carbonyl (C=O) groups excluding carboxylic acids is 1. The van der Waals surface area contributed by atoms with Crippen molar-refractivity contribution in [2.24, 2.45) is 5.73 Å². The van der Waals surface area contributed by atoms with Gasteiger partial charge in [0.05, 0.1) is 26.9 Å². The van der Waals surface area contributed by atoms with Crippen LogP contribution in [0.25, 0.3) is 0 Å². The number of ether oxygens (including phenoxy) is 3. The zero-order valence-electron chi connectivity index (χ0n) is 15.4. The minimum atomic E-state index is -0.223.